The van der Waals surface area contributed by atoms with Gasteiger partial charge in [-0.1, -0.05) is 41.9 Å². The van der Waals surface area contributed by atoms with Crippen LogP contribution in [0.3, 0.4) is 0 Å². The summed E-state index contributed by atoms with van der Waals surface area (Å²) >= 11 is 9.23. The van der Waals surface area contributed by atoms with E-state index >= 15 is 0 Å². The lowest BCUT2D eigenvalue weighted by Crippen LogP contribution is -2.21. The van der Waals surface area contributed by atoms with Crippen LogP contribution in [0.4, 0.5) is 5.82 Å². The molecule has 1 aromatic heterocycles. The van der Waals surface area contributed by atoms with Gasteiger partial charge in [-0.05, 0) is 27.6 Å². The van der Waals surface area contributed by atoms with Crippen molar-refractivity contribution in [2.24, 2.45) is 5.73 Å². The molecule has 0 saturated carbocycles. The summed E-state index contributed by atoms with van der Waals surface area (Å²) in [6, 6.07) is 11.7. The van der Waals surface area contributed by atoms with E-state index in [2.05, 4.69) is 26.2 Å². The quantitative estimate of drug-likeness (QED) is 0.902. The Morgan fingerprint density at radius 3 is 2.72 bits per heavy atom. The third kappa shape index (κ3) is 3.45. The number of halogens is 2. The highest BCUT2D eigenvalue weighted by Crippen LogP contribution is 2.23. The summed E-state index contributed by atoms with van der Waals surface area (Å²) in [4.78, 5) is 4.20. The monoisotopic (exact) mass is 325 g/mol. The van der Waals surface area contributed by atoms with Crippen LogP contribution in [0.1, 0.15) is 11.6 Å². The number of rotatable bonds is 4. The second-order valence-corrected chi connectivity index (χ2v) is 5.17. The molecule has 0 aliphatic carbocycles. The van der Waals surface area contributed by atoms with Gasteiger partial charge in [0.2, 0.25) is 0 Å². The van der Waals surface area contributed by atoms with E-state index in [9.17, 15) is 0 Å². The van der Waals surface area contributed by atoms with E-state index in [0.29, 0.717) is 11.6 Å². The molecule has 0 radical (unpaired) electrons. The number of hydrogen-bond donors (Lipinski definition) is 2. The molecule has 18 heavy (non-hydrogen) atoms. The Balaban J connectivity index is 1.99. The first-order chi connectivity index (χ1) is 8.66. The Hall–Kier alpha value is -1.10. The Labute approximate surface area is 119 Å². The van der Waals surface area contributed by atoms with Crippen LogP contribution >= 0.6 is 27.5 Å². The van der Waals surface area contributed by atoms with Gasteiger partial charge in [0.25, 0.3) is 0 Å². The van der Waals surface area contributed by atoms with E-state index in [1.807, 2.05) is 30.3 Å². The van der Waals surface area contributed by atoms with E-state index in [0.717, 1.165) is 15.9 Å². The molecule has 1 atom stereocenters. The van der Waals surface area contributed by atoms with Crippen LogP contribution in [0.2, 0.25) is 5.02 Å². The number of aromatic nitrogens is 1. The molecule has 1 heterocycles. The minimum atomic E-state index is -0.0735. The van der Waals surface area contributed by atoms with Gasteiger partial charge >= 0.3 is 0 Å². The number of hydrogen-bond acceptors (Lipinski definition) is 3. The second-order valence-electron chi connectivity index (χ2n) is 3.88. The molecule has 3 nitrogen and oxygen atoms in total. The van der Waals surface area contributed by atoms with E-state index in [-0.39, 0.29) is 6.04 Å². The molecule has 0 amide bonds. The average molecular weight is 327 g/mol. The maximum atomic E-state index is 6.09. The molecular formula is C13H13BrClN3. The number of nitrogens with one attached hydrogen (secondary N) is 1. The SMILES string of the molecule is NC(CNc1ncc(Cl)cc1Br)c1ccccc1. The van der Waals surface area contributed by atoms with E-state index in [1.54, 1.807) is 12.3 Å². The molecule has 0 spiro atoms. The highest BCUT2D eigenvalue weighted by molar-refractivity contribution is 9.10. The normalized spacial score (nSPS) is 12.2. The van der Waals surface area contributed by atoms with E-state index in [4.69, 9.17) is 17.3 Å². The summed E-state index contributed by atoms with van der Waals surface area (Å²) in [6.07, 6.45) is 1.60. The van der Waals surface area contributed by atoms with Crippen molar-refractivity contribution in [3.8, 4) is 0 Å². The summed E-state index contributed by atoms with van der Waals surface area (Å²) < 4.78 is 0.829. The zero-order chi connectivity index (χ0) is 13.0. The van der Waals surface area contributed by atoms with Gasteiger partial charge in [-0.3, -0.25) is 0 Å². The molecule has 5 heteroatoms. The third-order valence-electron chi connectivity index (χ3n) is 2.52. The van der Waals surface area contributed by atoms with E-state index in [1.165, 1.54) is 0 Å². The van der Waals surface area contributed by atoms with Crippen LogP contribution < -0.4 is 11.1 Å². The lowest BCUT2D eigenvalue weighted by molar-refractivity contribution is 0.761. The van der Waals surface area contributed by atoms with Gasteiger partial charge in [0, 0.05) is 18.8 Å². The van der Waals surface area contributed by atoms with Crippen LogP contribution in [-0.2, 0) is 0 Å². The van der Waals surface area contributed by atoms with Crippen LogP contribution in [0.25, 0.3) is 0 Å². The van der Waals surface area contributed by atoms with Gasteiger partial charge in [0.05, 0.1) is 9.50 Å². The lowest BCUT2D eigenvalue weighted by Gasteiger charge is -2.14. The molecule has 1 aromatic carbocycles. The van der Waals surface area contributed by atoms with Gasteiger partial charge in [-0.15, -0.1) is 0 Å². The number of benzene rings is 1. The zero-order valence-electron chi connectivity index (χ0n) is 9.61. The van der Waals surface area contributed by atoms with Gasteiger partial charge in [-0.2, -0.15) is 0 Å². The summed E-state index contributed by atoms with van der Waals surface area (Å²) in [5.41, 5.74) is 7.18. The molecule has 0 aliphatic heterocycles. The fourth-order valence-electron chi connectivity index (χ4n) is 1.57. The highest BCUT2D eigenvalue weighted by Gasteiger charge is 2.07. The number of anilines is 1. The van der Waals surface area contributed by atoms with Crippen LogP contribution in [0.5, 0.6) is 0 Å². The Kier molecular flexibility index (Phi) is 4.58. The molecule has 0 saturated heterocycles. The summed E-state index contributed by atoms with van der Waals surface area (Å²) in [5.74, 6) is 0.741. The smallest absolute Gasteiger partial charge is 0.140 e. The molecule has 3 N–H and O–H groups in total. The molecule has 2 aromatic rings. The van der Waals surface area contributed by atoms with Crippen molar-refractivity contribution in [2.75, 3.05) is 11.9 Å². The van der Waals surface area contributed by atoms with Gasteiger partial charge in [-0.25, -0.2) is 4.98 Å². The Morgan fingerprint density at radius 1 is 1.33 bits per heavy atom. The van der Waals surface area contributed by atoms with Crippen molar-refractivity contribution in [2.45, 2.75) is 6.04 Å². The van der Waals surface area contributed by atoms with Crippen molar-refractivity contribution in [3.05, 3.63) is 57.7 Å². The Morgan fingerprint density at radius 2 is 2.06 bits per heavy atom. The van der Waals surface area contributed by atoms with Crippen LogP contribution in [0.15, 0.2) is 47.1 Å². The van der Waals surface area contributed by atoms with Gasteiger partial charge < -0.3 is 11.1 Å². The molecule has 2 rings (SSSR count). The molecule has 0 bridgehead atoms. The van der Waals surface area contributed by atoms with Crippen molar-refractivity contribution in [1.82, 2.24) is 4.98 Å². The van der Waals surface area contributed by atoms with Crippen molar-refractivity contribution < 1.29 is 0 Å². The predicted octanol–water partition coefficient (Wildman–Crippen LogP) is 3.61. The molecular weight excluding hydrogens is 314 g/mol. The predicted molar refractivity (Wildman–Crippen MR) is 78.8 cm³/mol. The summed E-state index contributed by atoms with van der Waals surface area (Å²) in [5, 5.41) is 3.79. The molecule has 94 valence electrons. The first-order valence-electron chi connectivity index (χ1n) is 5.52. The first-order valence-corrected chi connectivity index (χ1v) is 6.69. The largest absolute Gasteiger partial charge is 0.367 e. The topological polar surface area (TPSA) is 50.9 Å². The third-order valence-corrected chi connectivity index (χ3v) is 3.34. The lowest BCUT2D eigenvalue weighted by atomic mass is 10.1. The minimum Gasteiger partial charge on any atom is -0.367 e. The average Bonchev–Trinajstić information content (AvgIpc) is 2.38. The van der Waals surface area contributed by atoms with Gasteiger partial charge in [0.15, 0.2) is 0 Å². The number of nitrogens with two attached hydrogens (primary N) is 1. The van der Waals surface area contributed by atoms with Crippen LogP contribution in [-0.4, -0.2) is 11.5 Å². The zero-order valence-corrected chi connectivity index (χ0v) is 11.9. The number of nitrogens with zero attached hydrogens (tertiary/aromatic N) is 1. The molecule has 0 aliphatic rings. The fourth-order valence-corrected chi connectivity index (χ4v) is 2.35. The minimum absolute atomic E-state index is 0.0735. The van der Waals surface area contributed by atoms with E-state index < -0.39 is 0 Å². The maximum Gasteiger partial charge on any atom is 0.140 e. The maximum absolute atomic E-state index is 6.09. The van der Waals surface area contributed by atoms with Gasteiger partial charge in [0.1, 0.15) is 5.82 Å². The van der Waals surface area contributed by atoms with Crippen molar-refractivity contribution >= 4 is 33.3 Å². The summed E-state index contributed by atoms with van der Waals surface area (Å²) in [6.45, 7) is 0.608. The first kappa shape index (κ1) is 13.3. The highest BCUT2D eigenvalue weighted by atomic mass is 79.9. The van der Waals surface area contributed by atoms with Crippen molar-refractivity contribution in [1.29, 1.82) is 0 Å². The standard InChI is InChI=1S/C13H13BrClN3/c14-11-6-10(15)7-17-13(11)18-8-12(16)9-4-2-1-3-5-9/h1-7,12H,8,16H2,(H,17,18). The molecule has 0 fully saturated rings. The number of pyridine rings is 1. The van der Waals surface area contributed by atoms with Crippen molar-refractivity contribution in [3.63, 3.8) is 0 Å². The van der Waals surface area contributed by atoms with Crippen LogP contribution in [0, 0.1) is 0 Å². The molecule has 1 unspecified atom stereocenters. The summed E-state index contributed by atoms with van der Waals surface area (Å²) in [7, 11) is 0. The Bertz CT molecular complexity index is 519. The fraction of sp³-hybridized carbons (Fsp3) is 0.154. The second kappa shape index (κ2) is 6.18.